The Hall–Kier alpha value is -0.590. The molecule has 88 valence electrons. The summed E-state index contributed by atoms with van der Waals surface area (Å²) >= 11 is 10.2. The fourth-order valence-electron chi connectivity index (χ4n) is 0.990. The van der Waals surface area contributed by atoms with Crippen molar-refractivity contribution in [1.29, 1.82) is 0 Å². The van der Waals surface area contributed by atoms with E-state index in [1.165, 1.54) is 0 Å². The molecule has 1 rings (SSSR count). The fraction of sp³-hybridized carbons (Fsp3) is 0.333. The minimum atomic E-state index is -0.513. The zero-order chi connectivity index (χ0) is 12.0. The van der Waals surface area contributed by atoms with Gasteiger partial charge in [-0.1, -0.05) is 0 Å². The molecule has 0 fully saturated rings. The van der Waals surface area contributed by atoms with Crippen LogP contribution in [0.25, 0.3) is 0 Å². The number of hydrogen-bond acceptors (Lipinski definition) is 3. The van der Waals surface area contributed by atoms with E-state index in [0.29, 0.717) is 6.54 Å². The van der Waals surface area contributed by atoms with Crippen molar-refractivity contribution in [2.45, 2.75) is 6.42 Å². The summed E-state index contributed by atoms with van der Waals surface area (Å²) in [4.78, 5) is 23.0. The van der Waals surface area contributed by atoms with E-state index in [2.05, 4.69) is 26.6 Å². The van der Waals surface area contributed by atoms with Gasteiger partial charge in [-0.3, -0.25) is 10.1 Å². The Morgan fingerprint density at radius 2 is 2.19 bits per heavy atom. The molecule has 0 aliphatic rings. The first-order valence-corrected chi connectivity index (χ1v) is 6.64. The molecule has 0 unspecified atom stereocenters. The Morgan fingerprint density at radius 1 is 1.44 bits per heavy atom. The van der Waals surface area contributed by atoms with Crippen molar-refractivity contribution in [3.63, 3.8) is 0 Å². The number of imide groups is 1. The molecule has 1 aromatic rings. The fourth-order valence-corrected chi connectivity index (χ4v) is 2.54. The first-order chi connectivity index (χ1) is 7.61. The lowest BCUT2D eigenvalue weighted by Crippen LogP contribution is -2.40. The Kier molecular flexibility index (Phi) is 5.79. The van der Waals surface area contributed by atoms with Crippen molar-refractivity contribution in [2.75, 3.05) is 12.4 Å². The quantitative estimate of drug-likeness (QED) is 0.833. The highest BCUT2D eigenvalue weighted by Gasteiger charge is 2.05. The molecule has 1 heterocycles. The van der Waals surface area contributed by atoms with Crippen LogP contribution in [0.4, 0.5) is 4.79 Å². The van der Waals surface area contributed by atoms with Crippen LogP contribution in [0.2, 0.25) is 0 Å². The molecule has 0 bridgehead atoms. The molecule has 0 aromatic carbocycles. The van der Waals surface area contributed by atoms with Crippen molar-refractivity contribution in [2.24, 2.45) is 0 Å². The standard InChI is InChI=1S/C9H10BrClN2O2S/c10-7-2-1-6(16-7)3-4-12-9(15)13-8(14)5-11/h1-2H,3-5H2,(H2,12,13,14,15). The summed E-state index contributed by atoms with van der Waals surface area (Å²) in [6.07, 6.45) is 0.735. The van der Waals surface area contributed by atoms with Crippen molar-refractivity contribution < 1.29 is 9.59 Å². The lowest BCUT2D eigenvalue weighted by atomic mass is 10.3. The smallest absolute Gasteiger partial charge is 0.321 e. The average molecular weight is 326 g/mol. The number of carbonyl (C=O) groups is 2. The summed E-state index contributed by atoms with van der Waals surface area (Å²) in [6.45, 7) is 0.481. The molecule has 0 aliphatic carbocycles. The molecule has 0 spiro atoms. The number of halogens is 2. The van der Waals surface area contributed by atoms with Crippen molar-refractivity contribution in [1.82, 2.24) is 10.6 Å². The normalized spacial score (nSPS) is 9.88. The molecule has 1 aromatic heterocycles. The molecule has 7 heteroatoms. The van der Waals surface area contributed by atoms with Crippen molar-refractivity contribution >= 4 is 50.8 Å². The van der Waals surface area contributed by atoms with E-state index in [9.17, 15) is 9.59 Å². The molecule has 0 radical (unpaired) electrons. The second kappa shape index (κ2) is 6.88. The van der Waals surface area contributed by atoms with Gasteiger partial charge in [0.2, 0.25) is 5.91 Å². The minimum absolute atomic E-state index is 0.217. The van der Waals surface area contributed by atoms with Gasteiger partial charge in [0.05, 0.1) is 3.79 Å². The van der Waals surface area contributed by atoms with Crippen LogP contribution in [0, 0.1) is 0 Å². The monoisotopic (exact) mass is 324 g/mol. The van der Waals surface area contributed by atoms with E-state index in [1.807, 2.05) is 12.1 Å². The van der Waals surface area contributed by atoms with Gasteiger partial charge in [-0.2, -0.15) is 0 Å². The maximum Gasteiger partial charge on any atom is 0.321 e. The highest BCUT2D eigenvalue weighted by atomic mass is 79.9. The van der Waals surface area contributed by atoms with Gasteiger partial charge in [-0.05, 0) is 34.5 Å². The van der Waals surface area contributed by atoms with Gasteiger partial charge in [0.25, 0.3) is 0 Å². The SMILES string of the molecule is O=C(CCl)NC(=O)NCCc1ccc(Br)s1. The highest BCUT2D eigenvalue weighted by Crippen LogP contribution is 2.21. The lowest BCUT2D eigenvalue weighted by Gasteiger charge is -2.04. The molecule has 0 saturated heterocycles. The lowest BCUT2D eigenvalue weighted by molar-refractivity contribution is -0.117. The van der Waals surface area contributed by atoms with E-state index in [1.54, 1.807) is 11.3 Å². The number of amides is 3. The number of alkyl halides is 1. The predicted octanol–water partition coefficient (Wildman–Crippen LogP) is 2.12. The molecule has 4 nitrogen and oxygen atoms in total. The summed E-state index contributed by atoms with van der Waals surface area (Å²) in [5.74, 6) is -0.719. The molecule has 0 atom stereocenters. The topological polar surface area (TPSA) is 58.2 Å². The first-order valence-electron chi connectivity index (χ1n) is 4.49. The largest absolute Gasteiger partial charge is 0.337 e. The second-order valence-corrected chi connectivity index (χ2v) is 5.71. The third-order valence-electron chi connectivity index (χ3n) is 1.66. The molecule has 16 heavy (non-hydrogen) atoms. The van der Waals surface area contributed by atoms with Crippen molar-refractivity contribution in [3.05, 3.63) is 20.8 Å². The molecular weight excluding hydrogens is 316 g/mol. The summed E-state index contributed by atoms with van der Waals surface area (Å²) in [7, 11) is 0. The minimum Gasteiger partial charge on any atom is -0.337 e. The van der Waals surface area contributed by atoms with E-state index < -0.39 is 11.9 Å². The Balaban J connectivity index is 2.20. The first kappa shape index (κ1) is 13.5. The summed E-state index contributed by atoms with van der Waals surface area (Å²) in [6, 6.07) is 3.43. The van der Waals surface area contributed by atoms with Gasteiger partial charge in [0.15, 0.2) is 0 Å². The van der Waals surface area contributed by atoms with Crippen molar-refractivity contribution in [3.8, 4) is 0 Å². The summed E-state index contributed by atoms with van der Waals surface area (Å²) in [5.41, 5.74) is 0. The zero-order valence-electron chi connectivity index (χ0n) is 8.26. The van der Waals surface area contributed by atoms with Gasteiger partial charge >= 0.3 is 6.03 Å². The summed E-state index contributed by atoms with van der Waals surface area (Å²) in [5, 5.41) is 4.66. The highest BCUT2D eigenvalue weighted by molar-refractivity contribution is 9.11. The molecule has 2 N–H and O–H groups in total. The third-order valence-corrected chi connectivity index (χ3v) is 3.59. The Labute approximate surface area is 110 Å². The van der Waals surface area contributed by atoms with Crippen LogP contribution in [-0.2, 0) is 11.2 Å². The van der Waals surface area contributed by atoms with Gasteiger partial charge in [0, 0.05) is 11.4 Å². The van der Waals surface area contributed by atoms with Crippen LogP contribution in [0.1, 0.15) is 4.88 Å². The number of hydrogen-bond donors (Lipinski definition) is 2. The number of rotatable bonds is 4. The maximum atomic E-state index is 11.1. The van der Waals surface area contributed by atoms with E-state index in [0.717, 1.165) is 15.1 Å². The predicted molar refractivity (Wildman–Crippen MR) is 68.0 cm³/mol. The van der Waals surface area contributed by atoms with Gasteiger partial charge in [0.1, 0.15) is 5.88 Å². The van der Waals surface area contributed by atoms with Crippen LogP contribution in [0.15, 0.2) is 15.9 Å². The van der Waals surface area contributed by atoms with Crippen LogP contribution >= 0.6 is 38.9 Å². The van der Waals surface area contributed by atoms with Crippen LogP contribution in [0.3, 0.4) is 0 Å². The third kappa shape index (κ3) is 4.96. The van der Waals surface area contributed by atoms with E-state index >= 15 is 0 Å². The van der Waals surface area contributed by atoms with Gasteiger partial charge in [-0.25, -0.2) is 4.79 Å². The second-order valence-electron chi connectivity index (χ2n) is 2.89. The van der Waals surface area contributed by atoms with Gasteiger partial charge in [-0.15, -0.1) is 22.9 Å². The average Bonchev–Trinajstić information content (AvgIpc) is 2.64. The molecule has 0 saturated carbocycles. The maximum absolute atomic E-state index is 11.1. The van der Waals surface area contributed by atoms with E-state index in [-0.39, 0.29) is 5.88 Å². The molecule has 0 aliphatic heterocycles. The number of nitrogens with one attached hydrogen (secondary N) is 2. The molecule has 3 amide bonds. The van der Waals surface area contributed by atoms with E-state index in [4.69, 9.17) is 11.6 Å². The molecular formula is C9H10BrClN2O2S. The summed E-state index contributed by atoms with van der Waals surface area (Å²) < 4.78 is 1.06. The number of thiophene rings is 1. The Morgan fingerprint density at radius 3 is 2.75 bits per heavy atom. The van der Waals surface area contributed by atoms with Crippen LogP contribution in [-0.4, -0.2) is 24.4 Å². The van der Waals surface area contributed by atoms with Gasteiger partial charge < -0.3 is 5.32 Å². The van der Waals surface area contributed by atoms with Crippen LogP contribution in [0.5, 0.6) is 0 Å². The number of urea groups is 1. The zero-order valence-corrected chi connectivity index (χ0v) is 11.4. The van der Waals surface area contributed by atoms with Crippen LogP contribution < -0.4 is 10.6 Å². The Bertz CT molecular complexity index is 383. The number of carbonyl (C=O) groups excluding carboxylic acids is 2.